The first-order valence-corrected chi connectivity index (χ1v) is 26.6. The third-order valence-corrected chi connectivity index (χ3v) is 12.1. The second-order valence-electron chi connectivity index (χ2n) is 20.2. The summed E-state index contributed by atoms with van der Waals surface area (Å²) in [6.07, 6.45) is 7.52. The molecule has 3 rings (SSSR count). The van der Waals surface area contributed by atoms with E-state index in [1.54, 1.807) is 0 Å². The van der Waals surface area contributed by atoms with Gasteiger partial charge in [-0.15, -0.1) is 0 Å². The molecule has 0 radical (unpaired) electrons. The molecule has 0 aliphatic rings. The average molecular weight is 1050 g/mol. The molecule has 7 atom stereocenters. The Labute approximate surface area is 446 Å². The molecule has 0 saturated carbocycles. The number of aliphatic hydroxyl groups excluding tert-OH is 6. The maximum atomic E-state index is 12.5. The van der Waals surface area contributed by atoms with E-state index in [9.17, 15) is 39.3 Å². The number of aliphatic hydroxyl groups is 6. The third kappa shape index (κ3) is 31.4. The zero-order chi connectivity index (χ0) is 56.1. The second-order valence-corrected chi connectivity index (χ2v) is 20.2. The van der Waals surface area contributed by atoms with Gasteiger partial charge in [0.2, 0.25) is 11.8 Å². The van der Waals surface area contributed by atoms with Crippen LogP contribution in [0, 0.1) is 23.7 Å². The van der Waals surface area contributed by atoms with Crippen LogP contribution in [0.5, 0.6) is 0 Å². The van der Waals surface area contributed by atoms with Gasteiger partial charge in [-0.2, -0.15) is 0 Å². The van der Waals surface area contributed by atoms with Crippen LogP contribution >= 0.6 is 0 Å². The van der Waals surface area contributed by atoms with E-state index < -0.39 is 86.3 Å². The van der Waals surface area contributed by atoms with E-state index in [0.717, 1.165) is 63.4 Å². The number of rotatable bonds is 33. The summed E-state index contributed by atoms with van der Waals surface area (Å²) in [7, 11) is 0. The molecule has 3 aromatic rings. The van der Waals surface area contributed by atoms with Crippen molar-refractivity contribution in [3.8, 4) is 0 Å². The topological polar surface area (TPSA) is 284 Å². The fourth-order valence-corrected chi connectivity index (χ4v) is 7.24. The predicted molar refractivity (Wildman–Crippen MR) is 289 cm³/mol. The van der Waals surface area contributed by atoms with Gasteiger partial charge in [-0.3, -0.25) is 14.4 Å². The Kier molecular flexibility index (Phi) is 36.2. The maximum absolute atomic E-state index is 12.5. The zero-order valence-corrected chi connectivity index (χ0v) is 45.6. The highest BCUT2D eigenvalue weighted by Gasteiger charge is 2.29. The Hall–Kier alpha value is -5.27. The number of carbonyl (C=O) groups excluding carboxylic acids is 5. The monoisotopic (exact) mass is 1050 g/mol. The standard InChI is InChI=1S/C21H33NO6.C20H31NO5.C17H27NO3/c1-15(2)8-10-18(11-9-16-6-4-3-5-7-16)28-21(27)19(14-25)22-20(26)17(12-23)13-24;1-14(2)9-11-17(12-10-16-7-5-4-6-8-16)26-20(25)18(13-22)21-19(24)15(3)23;1-13(2)8-10-15(21-17(20)16(18)12-19)11-9-14-6-4-3-5-7-14/h3-7,15,17-19,23-25H,8-14H2,1-2H3,(H,22,26);4-8,14-15,17-18,22-23H,9-13H2,1-3H3,(H,21,24);3-7,13,15-16,19H,8-12,18H2,1-2H3/t18-,19?;15?,17-,18?;15-,16?/m111/s1. The van der Waals surface area contributed by atoms with Gasteiger partial charge in [0.25, 0.3) is 0 Å². The maximum Gasteiger partial charge on any atom is 0.331 e. The Morgan fingerprint density at radius 3 is 1.00 bits per heavy atom. The number of carbonyl (C=O) groups is 5. The number of aryl methyl sites for hydroxylation is 3. The summed E-state index contributed by atoms with van der Waals surface area (Å²) >= 11 is 0. The molecule has 0 aliphatic carbocycles. The molecule has 0 fully saturated rings. The molecular formula is C58H91N3O14. The van der Waals surface area contributed by atoms with Crippen molar-refractivity contribution in [3.63, 3.8) is 0 Å². The quantitative estimate of drug-likeness (QED) is 0.0282. The fraction of sp³-hybridized carbons (Fsp3) is 0.603. The van der Waals surface area contributed by atoms with Crippen molar-refractivity contribution in [2.24, 2.45) is 29.4 Å². The number of nitrogens with two attached hydrogens (primary N) is 1. The van der Waals surface area contributed by atoms with Crippen LogP contribution in [0.2, 0.25) is 0 Å². The van der Waals surface area contributed by atoms with E-state index >= 15 is 0 Å². The largest absolute Gasteiger partial charge is 0.461 e. The molecule has 4 unspecified atom stereocenters. The molecule has 3 aromatic carbocycles. The van der Waals surface area contributed by atoms with Crippen molar-refractivity contribution < 1.29 is 68.8 Å². The summed E-state index contributed by atoms with van der Waals surface area (Å²) < 4.78 is 16.6. The molecule has 0 aromatic heterocycles. The highest BCUT2D eigenvalue weighted by atomic mass is 16.6. The first-order chi connectivity index (χ1) is 35.8. The van der Waals surface area contributed by atoms with Crippen molar-refractivity contribution in [1.29, 1.82) is 0 Å². The van der Waals surface area contributed by atoms with Crippen LogP contribution in [0.25, 0.3) is 0 Å². The average Bonchev–Trinajstić information content (AvgIpc) is 3.40. The van der Waals surface area contributed by atoms with Gasteiger partial charge < -0.3 is 61.2 Å². The normalized spacial score (nSPS) is 13.9. The Balaban J connectivity index is 0.000000568. The fourth-order valence-electron chi connectivity index (χ4n) is 7.24. The molecular weight excluding hydrogens is 963 g/mol. The lowest BCUT2D eigenvalue weighted by Gasteiger charge is -2.23. The molecule has 0 heterocycles. The van der Waals surface area contributed by atoms with Gasteiger partial charge in [-0.25, -0.2) is 9.59 Å². The molecule has 0 saturated heterocycles. The van der Waals surface area contributed by atoms with Crippen molar-refractivity contribution in [3.05, 3.63) is 108 Å². The number of nitrogens with one attached hydrogen (secondary N) is 2. The summed E-state index contributed by atoms with van der Waals surface area (Å²) in [6.45, 7) is 11.3. The van der Waals surface area contributed by atoms with Gasteiger partial charge >= 0.3 is 17.9 Å². The van der Waals surface area contributed by atoms with Crippen molar-refractivity contribution >= 4 is 29.7 Å². The van der Waals surface area contributed by atoms with Gasteiger partial charge in [0, 0.05) is 0 Å². The van der Waals surface area contributed by atoms with Gasteiger partial charge in [-0.05, 0) is 118 Å². The third-order valence-electron chi connectivity index (χ3n) is 12.1. The SMILES string of the molecule is CC(C)CC[C@H](CCc1ccccc1)OC(=O)C(CO)NC(=O)C(C)O.CC(C)CC[C@H](CCc1ccccc1)OC(=O)C(CO)NC(=O)C(CO)CO.CC(C)CC[C@H](CCc1ccccc1)OC(=O)C(N)CO. The van der Waals surface area contributed by atoms with E-state index in [1.807, 2.05) is 78.9 Å². The molecule has 10 N–H and O–H groups in total. The number of hydrogen-bond acceptors (Lipinski definition) is 15. The van der Waals surface area contributed by atoms with Crippen molar-refractivity contribution in [1.82, 2.24) is 10.6 Å². The van der Waals surface area contributed by atoms with Crippen LogP contribution in [0.3, 0.4) is 0 Å². The number of hydrogen-bond donors (Lipinski definition) is 9. The van der Waals surface area contributed by atoms with Gasteiger partial charge in [0.1, 0.15) is 30.5 Å². The molecule has 2 amide bonds. The lowest BCUT2D eigenvalue weighted by atomic mass is 9.99. The number of benzene rings is 3. The smallest absolute Gasteiger partial charge is 0.331 e. The minimum Gasteiger partial charge on any atom is -0.461 e. The Bertz CT molecular complexity index is 1970. The van der Waals surface area contributed by atoms with Crippen LogP contribution in [-0.2, 0) is 57.4 Å². The molecule has 75 heavy (non-hydrogen) atoms. The Morgan fingerprint density at radius 2 is 0.733 bits per heavy atom. The highest BCUT2D eigenvalue weighted by molar-refractivity contribution is 5.87. The predicted octanol–water partition coefficient (Wildman–Crippen LogP) is 5.16. The second kappa shape index (κ2) is 40.0. The van der Waals surface area contributed by atoms with E-state index in [1.165, 1.54) is 18.1 Å². The molecule has 17 nitrogen and oxygen atoms in total. The van der Waals surface area contributed by atoms with Gasteiger partial charge in [0.05, 0.1) is 39.0 Å². The van der Waals surface area contributed by atoms with Crippen LogP contribution in [-0.4, -0.2) is 136 Å². The molecule has 0 aliphatic heterocycles. The van der Waals surface area contributed by atoms with Gasteiger partial charge in [0.15, 0.2) is 12.1 Å². The minimum atomic E-state index is -1.26. The highest BCUT2D eigenvalue weighted by Crippen LogP contribution is 2.19. The van der Waals surface area contributed by atoms with Crippen LogP contribution < -0.4 is 16.4 Å². The summed E-state index contributed by atoms with van der Waals surface area (Å²) in [4.78, 5) is 60.0. The molecule has 0 spiro atoms. The first-order valence-electron chi connectivity index (χ1n) is 26.6. The van der Waals surface area contributed by atoms with Crippen LogP contribution in [0.1, 0.15) is 123 Å². The minimum absolute atomic E-state index is 0.141. The molecule has 422 valence electrons. The van der Waals surface area contributed by atoms with E-state index in [-0.39, 0.29) is 24.9 Å². The zero-order valence-electron chi connectivity index (χ0n) is 45.6. The van der Waals surface area contributed by atoms with E-state index in [0.29, 0.717) is 37.0 Å². The number of ether oxygens (including phenoxy) is 3. The lowest BCUT2D eigenvalue weighted by Crippen LogP contribution is -2.48. The summed E-state index contributed by atoms with van der Waals surface area (Å²) in [5.74, 6) is -2.87. The number of amides is 2. The summed E-state index contributed by atoms with van der Waals surface area (Å²) in [5.41, 5.74) is 9.05. The van der Waals surface area contributed by atoms with Crippen molar-refractivity contribution in [2.75, 3.05) is 33.0 Å². The van der Waals surface area contributed by atoms with Crippen LogP contribution in [0.4, 0.5) is 0 Å². The van der Waals surface area contributed by atoms with Crippen molar-refractivity contribution in [2.45, 2.75) is 168 Å². The van der Waals surface area contributed by atoms with Gasteiger partial charge in [-0.1, -0.05) is 133 Å². The first kappa shape index (κ1) is 67.7. The summed E-state index contributed by atoms with van der Waals surface area (Å²) in [6, 6.07) is 26.6. The number of esters is 3. The lowest BCUT2D eigenvalue weighted by molar-refractivity contribution is -0.156. The Morgan fingerprint density at radius 1 is 0.427 bits per heavy atom. The summed E-state index contributed by atoms with van der Waals surface area (Å²) in [5, 5.41) is 59.8. The van der Waals surface area contributed by atoms with E-state index in [4.69, 9.17) is 35.3 Å². The van der Waals surface area contributed by atoms with E-state index in [2.05, 4.69) is 64.3 Å². The molecule has 0 bridgehead atoms. The van der Waals surface area contributed by atoms with Crippen LogP contribution in [0.15, 0.2) is 91.0 Å². The molecule has 17 heteroatoms.